The molecule has 9 nitrogen and oxygen atoms in total. The average molecular weight is 438 g/mol. The minimum absolute atomic E-state index is 0.0395. The predicted octanol–water partition coefficient (Wildman–Crippen LogP) is 2.51. The van der Waals surface area contributed by atoms with Gasteiger partial charge in [0.2, 0.25) is 0 Å². The Labute approximate surface area is 186 Å². The molecule has 0 unspecified atom stereocenters. The average Bonchev–Trinajstić information content (AvgIpc) is 3.09. The molecule has 32 heavy (non-hydrogen) atoms. The molecule has 0 N–H and O–H groups in total. The lowest BCUT2D eigenvalue weighted by molar-refractivity contribution is 0.103. The minimum atomic E-state index is -0.375. The van der Waals surface area contributed by atoms with Crippen molar-refractivity contribution >= 4 is 5.78 Å². The molecular weight excluding hydrogens is 410 g/mol. The zero-order chi connectivity index (χ0) is 23.4. The van der Waals surface area contributed by atoms with Gasteiger partial charge < -0.3 is 14.4 Å². The number of aromatic nitrogens is 4. The molecule has 0 saturated carbocycles. The van der Waals surface area contributed by atoms with Crippen molar-refractivity contribution in [3.05, 3.63) is 75.3 Å². The number of ether oxygens (including phenoxy) is 2. The second kappa shape index (κ2) is 9.51. The molecule has 0 saturated heterocycles. The Kier molecular flexibility index (Phi) is 6.77. The van der Waals surface area contributed by atoms with Crippen molar-refractivity contribution < 1.29 is 14.3 Å². The zero-order valence-electron chi connectivity index (χ0n) is 19.1. The Bertz CT molecular complexity index is 1220. The fourth-order valence-corrected chi connectivity index (χ4v) is 3.33. The summed E-state index contributed by atoms with van der Waals surface area (Å²) in [6, 6.07) is 10.6. The number of nitrogens with zero attached hydrogens (tertiary/aromatic N) is 5. The van der Waals surface area contributed by atoms with E-state index in [1.807, 2.05) is 25.9 Å². The van der Waals surface area contributed by atoms with Crippen LogP contribution in [0.1, 0.15) is 28.4 Å². The molecule has 0 bridgehead atoms. The normalized spacial score (nSPS) is 11.4. The molecule has 1 heterocycles. The molecule has 9 heteroatoms. The van der Waals surface area contributed by atoms with Crippen LogP contribution in [0, 0.1) is 6.92 Å². The molecule has 0 aliphatic carbocycles. The maximum atomic E-state index is 12.6. The molecular formula is C23H27N5O4. The number of ketones is 1. The van der Waals surface area contributed by atoms with Crippen molar-refractivity contribution in [3.8, 4) is 17.2 Å². The van der Waals surface area contributed by atoms with E-state index in [0.717, 1.165) is 10.2 Å². The molecule has 0 atom stereocenters. The number of tetrazole rings is 1. The number of hydrogen-bond acceptors (Lipinski definition) is 7. The van der Waals surface area contributed by atoms with E-state index >= 15 is 0 Å². The van der Waals surface area contributed by atoms with Crippen molar-refractivity contribution in [1.82, 2.24) is 24.7 Å². The first-order valence-electron chi connectivity index (χ1n) is 10.0. The third-order valence-corrected chi connectivity index (χ3v) is 4.90. The number of carbonyl (C=O) groups is 1. The van der Waals surface area contributed by atoms with Crippen LogP contribution < -0.4 is 15.2 Å². The van der Waals surface area contributed by atoms with Crippen LogP contribution in [0.3, 0.4) is 0 Å². The van der Waals surface area contributed by atoms with E-state index in [-0.39, 0.29) is 18.1 Å². The van der Waals surface area contributed by atoms with Gasteiger partial charge in [0.25, 0.3) is 0 Å². The monoisotopic (exact) mass is 437 g/mol. The molecule has 0 aliphatic rings. The van der Waals surface area contributed by atoms with Crippen LogP contribution >= 0.6 is 0 Å². The summed E-state index contributed by atoms with van der Waals surface area (Å²) in [5.74, 6) is 1.15. The standard InChI is InChI=1S/C23H27N5O4/c1-15-12-17(22(29)16(2)13-26(3)4)10-11-20(15)32-14-18-19(8-7-9-21(18)31-6)28-23(30)27(5)24-25-28/h7-13H,14H2,1-6H3/b16-13+. The summed E-state index contributed by atoms with van der Waals surface area (Å²) in [6.07, 6.45) is 1.79. The lowest BCUT2D eigenvalue weighted by atomic mass is 10.0. The number of Topliss-reactive ketones (excluding diaryl/α,β-unsaturated/α-hetero) is 1. The maximum absolute atomic E-state index is 12.6. The molecule has 0 fully saturated rings. The first-order valence-corrected chi connectivity index (χ1v) is 10.0. The summed E-state index contributed by atoms with van der Waals surface area (Å²) in [7, 11) is 6.83. The van der Waals surface area contributed by atoms with Gasteiger partial charge in [0.15, 0.2) is 5.78 Å². The third-order valence-electron chi connectivity index (χ3n) is 4.90. The van der Waals surface area contributed by atoms with Crippen LogP contribution in [0.25, 0.3) is 5.69 Å². The number of rotatable bonds is 8. The SMILES string of the molecule is COc1cccc(-n2nnn(C)c2=O)c1COc1ccc(C(=O)/C(C)=C/N(C)C)cc1C. The smallest absolute Gasteiger partial charge is 0.368 e. The van der Waals surface area contributed by atoms with Crippen molar-refractivity contribution in [2.45, 2.75) is 20.5 Å². The molecule has 3 aromatic rings. The first kappa shape index (κ1) is 22.8. The van der Waals surface area contributed by atoms with Gasteiger partial charge in [0, 0.05) is 38.5 Å². The Balaban J connectivity index is 1.88. The molecule has 0 aliphatic heterocycles. The van der Waals surface area contributed by atoms with Crippen LogP contribution in [-0.4, -0.2) is 51.7 Å². The molecule has 0 spiro atoms. The van der Waals surface area contributed by atoms with E-state index in [1.165, 1.54) is 11.7 Å². The van der Waals surface area contributed by atoms with E-state index in [0.29, 0.717) is 33.9 Å². The van der Waals surface area contributed by atoms with Gasteiger partial charge in [0.05, 0.1) is 18.4 Å². The molecule has 1 aromatic heterocycles. The Morgan fingerprint density at radius 3 is 2.50 bits per heavy atom. The summed E-state index contributed by atoms with van der Waals surface area (Å²) in [5, 5.41) is 7.70. The van der Waals surface area contributed by atoms with E-state index in [2.05, 4.69) is 10.4 Å². The second-order valence-corrected chi connectivity index (χ2v) is 7.63. The lowest BCUT2D eigenvalue weighted by Crippen LogP contribution is -2.23. The summed E-state index contributed by atoms with van der Waals surface area (Å²) >= 11 is 0. The quantitative estimate of drug-likeness (QED) is 0.395. The van der Waals surface area contributed by atoms with Crippen LogP contribution in [0.15, 0.2) is 53.0 Å². The van der Waals surface area contributed by atoms with Gasteiger partial charge >= 0.3 is 5.69 Å². The van der Waals surface area contributed by atoms with Crippen LogP contribution in [0.5, 0.6) is 11.5 Å². The van der Waals surface area contributed by atoms with Gasteiger partial charge in [-0.3, -0.25) is 4.79 Å². The highest BCUT2D eigenvalue weighted by atomic mass is 16.5. The van der Waals surface area contributed by atoms with Crippen molar-refractivity contribution in [1.29, 1.82) is 0 Å². The number of benzene rings is 2. The van der Waals surface area contributed by atoms with Crippen molar-refractivity contribution in [2.24, 2.45) is 7.05 Å². The van der Waals surface area contributed by atoms with E-state index in [9.17, 15) is 9.59 Å². The highest BCUT2D eigenvalue weighted by molar-refractivity contribution is 6.08. The van der Waals surface area contributed by atoms with Crippen molar-refractivity contribution in [2.75, 3.05) is 21.2 Å². The summed E-state index contributed by atoms with van der Waals surface area (Å²) in [4.78, 5) is 26.8. The fraction of sp³-hybridized carbons (Fsp3) is 0.304. The van der Waals surface area contributed by atoms with E-state index in [4.69, 9.17) is 9.47 Å². The molecule has 2 aromatic carbocycles. The number of allylic oxidation sites excluding steroid dienone is 1. The Morgan fingerprint density at radius 2 is 1.91 bits per heavy atom. The number of methoxy groups -OCH3 is 1. The summed E-state index contributed by atoms with van der Waals surface area (Å²) < 4.78 is 13.9. The fourth-order valence-electron chi connectivity index (χ4n) is 3.33. The number of hydrogen-bond donors (Lipinski definition) is 0. The minimum Gasteiger partial charge on any atom is -0.496 e. The Morgan fingerprint density at radius 1 is 1.16 bits per heavy atom. The summed E-state index contributed by atoms with van der Waals surface area (Å²) in [6.45, 7) is 3.81. The molecule has 3 rings (SSSR count). The number of carbonyl (C=O) groups excluding carboxylic acids is 1. The second-order valence-electron chi connectivity index (χ2n) is 7.63. The highest BCUT2D eigenvalue weighted by Gasteiger charge is 2.17. The molecule has 168 valence electrons. The van der Waals surface area contributed by atoms with Gasteiger partial charge in [-0.15, -0.1) is 0 Å². The van der Waals surface area contributed by atoms with E-state index < -0.39 is 0 Å². The van der Waals surface area contributed by atoms with Gasteiger partial charge in [-0.1, -0.05) is 6.07 Å². The van der Waals surface area contributed by atoms with Crippen LogP contribution in [-0.2, 0) is 13.7 Å². The molecule has 0 radical (unpaired) electrons. The van der Waals surface area contributed by atoms with Crippen LogP contribution in [0.2, 0.25) is 0 Å². The van der Waals surface area contributed by atoms with Crippen molar-refractivity contribution in [3.63, 3.8) is 0 Å². The number of aryl methyl sites for hydroxylation is 2. The van der Waals surface area contributed by atoms with Crippen LogP contribution in [0.4, 0.5) is 0 Å². The highest BCUT2D eigenvalue weighted by Crippen LogP contribution is 2.28. The van der Waals surface area contributed by atoms with E-state index in [1.54, 1.807) is 56.6 Å². The lowest BCUT2D eigenvalue weighted by Gasteiger charge is -2.15. The maximum Gasteiger partial charge on any atom is 0.368 e. The van der Waals surface area contributed by atoms with Gasteiger partial charge in [-0.2, -0.15) is 9.36 Å². The van der Waals surface area contributed by atoms with Gasteiger partial charge in [-0.05, 0) is 60.2 Å². The zero-order valence-corrected chi connectivity index (χ0v) is 19.1. The third kappa shape index (κ3) is 4.72. The van der Waals surface area contributed by atoms with Gasteiger partial charge in [-0.25, -0.2) is 4.79 Å². The topological polar surface area (TPSA) is 91.5 Å². The predicted molar refractivity (Wildman–Crippen MR) is 120 cm³/mol. The summed E-state index contributed by atoms with van der Waals surface area (Å²) in [5.41, 5.74) is 2.87. The Hall–Kier alpha value is -3.88. The molecule has 0 amide bonds. The van der Waals surface area contributed by atoms with Gasteiger partial charge in [0.1, 0.15) is 18.1 Å². The first-order chi connectivity index (χ1) is 15.2. The largest absolute Gasteiger partial charge is 0.496 e.